The summed E-state index contributed by atoms with van der Waals surface area (Å²) in [7, 11) is -2.58. The van der Waals surface area contributed by atoms with Crippen molar-refractivity contribution in [2.45, 2.75) is 64.5 Å². The molecule has 1 amide bonds. The van der Waals surface area contributed by atoms with Crippen LogP contribution < -0.4 is 0 Å². The first-order chi connectivity index (χ1) is 10.8. The zero-order valence-electron chi connectivity index (χ0n) is 15.0. The Morgan fingerprint density at radius 2 is 1.83 bits per heavy atom. The third-order valence-electron chi connectivity index (χ3n) is 5.40. The molecule has 2 atom stereocenters. The van der Waals surface area contributed by atoms with E-state index in [9.17, 15) is 18.0 Å². The molecule has 0 bridgehead atoms. The Kier molecular flexibility index (Phi) is 4.63. The van der Waals surface area contributed by atoms with Crippen LogP contribution in [-0.2, 0) is 11.2 Å². The quantitative estimate of drug-likeness (QED) is 0.595. The summed E-state index contributed by atoms with van der Waals surface area (Å²) >= 11 is 0. The van der Waals surface area contributed by atoms with Gasteiger partial charge in [0.15, 0.2) is 8.24 Å². The van der Waals surface area contributed by atoms with E-state index in [1.165, 1.54) is 4.57 Å². The molecule has 0 aromatic carbocycles. The molecule has 24 heavy (non-hydrogen) atoms. The number of carbonyl (C=O) groups is 1. The van der Waals surface area contributed by atoms with Crippen LogP contribution in [0.1, 0.15) is 32.0 Å². The third-order valence-corrected chi connectivity index (χ3v) is 10.8. The summed E-state index contributed by atoms with van der Waals surface area (Å²) in [5, 5.41) is -0.329. The molecule has 3 nitrogen and oxygen atoms in total. The average molecular weight is 358 g/mol. The molecule has 1 aliphatic heterocycles. The fraction of sp³-hybridized carbons (Fsp3) is 0.647. The van der Waals surface area contributed by atoms with Gasteiger partial charge in [-0.1, -0.05) is 33.9 Å². The number of hydrogen-bond donors (Lipinski definition) is 0. The van der Waals surface area contributed by atoms with Gasteiger partial charge in [0.05, 0.1) is 5.92 Å². The average Bonchev–Trinajstić information content (AvgIpc) is 2.39. The molecule has 134 valence electrons. The molecule has 1 saturated heterocycles. The SMILES string of the molecule is Cc1cc(C[C@H]2C(=O)N([Si](C)(C)C(C)(C)C)[C@@H]2C(F)(F)F)ccn1. The highest BCUT2D eigenvalue weighted by atomic mass is 28.3. The van der Waals surface area contributed by atoms with E-state index < -0.39 is 26.4 Å². The van der Waals surface area contributed by atoms with Gasteiger partial charge in [0.2, 0.25) is 5.91 Å². The summed E-state index contributed by atoms with van der Waals surface area (Å²) in [6, 6.07) is 1.75. The molecule has 1 aliphatic rings. The number of nitrogens with zero attached hydrogens (tertiary/aromatic N) is 2. The van der Waals surface area contributed by atoms with Gasteiger partial charge < -0.3 is 4.57 Å². The zero-order valence-corrected chi connectivity index (χ0v) is 16.0. The molecule has 0 aliphatic carbocycles. The first-order valence-corrected chi connectivity index (χ1v) is 11.0. The normalized spacial score (nSPS) is 22.5. The Morgan fingerprint density at radius 1 is 1.25 bits per heavy atom. The van der Waals surface area contributed by atoms with Crippen LogP contribution in [0.25, 0.3) is 0 Å². The Morgan fingerprint density at radius 3 is 2.29 bits per heavy atom. The third kappa shape index (κ3) is 3.23. The number of β-lactam (4-membered cyclic amide) rings is 1. The number of aryl methyl sites for hydroxylation is 1. The summed E-state index contributed by atoms with van der Waals surface area (Å²) in [5.41, 5.74) is 1.47. The summed E-state index contributed by atoms with van der Waals surface area (Å²) in [4.78, 5) is 16.7. The van der Waals surface area contributed by atoms with Gasteiger partial charge in [0, 0.05) is 11.9 Å². The summed E-state index contributed by atoms with van der Waals surface area (Å²) < 4.78 is 42.2. The van der Waals surface area contributed by atoms with Crippen LogP contribution in [-0.4, -0.2) is 35.9 Å². The number of amides is 1. The fourth-order valence-corrected chi connectivity index (χ4v) is 5.55. The standard InChI is InChI=1S/C17H25F3N2OSi/c1-11-9-12(7-8-21-11)10-13-14(17(18,19)20)22(15(13)23)24(5,6)16(2,3)4/h7-9,13-14H,10H2,1-6H3/t13-,14+/m1/s1. The fourth-order valence-electron chi connectivity index (χ4n) is 3.09. The Bertz CT molecular complexity index is 637. The minimum Gasteiger partial charge on any atom is -0.357 e. The monoisotopic (exact) mass is 358 g/mol. The molecule has 1 aromatic heterocycles. The van der Waals surface area contributed by atoms with Crippen molar-refractivity contribution in [3.8, 4) is 0 Å². The highest BCUT2D eigenvalue weighted by Crippen LogP contribution is 2.49. The van der Waals surface area contributed by atoms with Crippen molar-refractivity contribution in [2.24, 2.45) is 5.92 Å². The van der Waals surface area contributed by atoms with Gasteiger partial charge in [0.1, 0.15) is 6.04 Å². The molecule has 0 N–H and O–H groups in total. The zero-order chi connectivity index (χ0) is 18.5. The Labute approximate surface area is 142 Å². The van der Waals surface area contributed by atoms with Crippen molar-refractivity contribution in [1.29, 1.82) is 0 Å². The van der Waals surface area contributed by atoms with Gasteiger partial charge in [-0.05, 0) is 36.1 Å². The number of hydrogen-bond acceptors (Lipinski definition) is 2. The highest BCUT2D eigenvalue weighted by molar-refractivity contribution is 6.80. The van der Waals surface area contributed by atoms with Crippen LogP contribution in [0.3, 0.4) is 0 Å². The van der Waals surface area contributed by atoms with Crippen molar-refractivity contribution in [3.05, 3.63) is 29.6 Å². The van der Waals surface area contributed by atoms with Gasteiger partial charge in [0.25, 0.3) is 0 Å². The van der Waals surface area contributed by atoms with Crippen LogP contribution in [0.4, 0.5) is 13.2 Å². The maximum atomic E-state index is 13.7. The van der Waals surface area contributed by atoms with Crippen LogP contribution in [0.5, 0.6) is 0 Å². The Hall–Kier alpha value is -1.37. The topological polar surface area (TPSA) is 33.2 Å². The molecule has 0 radical (unpaired) electrons. The van der Waals surface area contributed by atoms with Gasteiger partial charge in [-0.25, -0.2) is 0 Å². The summed E-state index contributed by atoms with van der Waals surface area (Å²) in [6.07, 6.45) is -2.73. The molecule has 1 aromatic rings. The predicted octanol–water partition coefficient (Wildman–Crippen LogP) is 4.33. The van der Waals surface area contributed by atoms with Gasteiger partial charge >= 0.3 is 6.18 Å². The van der Waals surface area contributed by atoms with Gasteiger partial charge in [-0.15, -0.1) is 0 Å². The first-order valence-electron chi connectivity index (χ1n) is 8.08. The smallest absolute Gasteiger partial charge is 0.357 e. The van der Waals surface area contributed by atoms with E-state index in [0.717, 1.165) is 11.3 Å². The van der Waals surface area contributed by atoms with E-state index in [1.54, 1.807) is 25.3 Å². The van der Waals surface area contributed by atoms with E-state index in [0.29, 0.717) is 0 Å². The molecule has 1 fully saturated rings. The Balaban J connectivity index is 2.33. The minimum atomic E-state index is -4.41. The second kappa shape index (κ2) is 5.86. The number of halogens is 3. The number of carbonyl (C=O) groups excluding carboxylic acids is 1. The minimum absolute atomic E-state index is 0.109. The maximum absolute atomic E-state index is 13.7. The first kappa shape index (κ1) is 19.0. The van der Waals surface area contributed by atoms with Gasteiger partial charge in [-0.3, -0.25) is 9.78 Å². The molecular weight excluding hydrogens is 333 g/mol. The van der Waals surface area contributed by atoms with E-state index in [1.807, 2.05) is 33.9 Å². The molecule has 2 rings (SSSR count). The van der Waals surface area contributed by atoms with Crippen molar-refractivity contribution in [3.63, 3.8) is 0 Å². The lowest BCUT2D eigenvalue weighted by Crippen LogP contribution is -2.76. The van der Waals surface area contributed by atoms with Crippen LogP contribution in [0.2, 0.25) is 18.1 Å². The van der Waals surface area contributed by atoms with Crippen LogP contribution in [0, 0.1) is 12.8 Å². The lowest BCUT2D eigenvalue weighted by Gasteiger charge is -2.58. The van der Waals surface area contributed by atoms with Crippen molar-refractivity contribution in [2.75, 3.05) is 0 Å². The predicted molar refractivity (Wildman–Crippen MR) is 90.1 cm³/mol. The number of alkyl halides is 3. The van der Waals surface area contributed by atoms with Crippen molar-refractivity contribution >= 4 is 14.1 Å². The lowest BCUT2D eigenvalue weighted by molar-refractivity contribution is -0.217. The second-order valence-corrected chi connectivity index (χ2v) is 13.2. The van der Waals surface area contributed by atoms with Crippen LogP contribution in [0.15, 0.2) is 18.3 Å². The van der Waals surface area contributed by atoms with E-state index >= 15 is 0 Å². The van der Waals surface area contributed by atoms with Crippen molar-refractivity contribution in [1.82, 2.24) is 9.55 Å². The van der Waals surface area contributed by atoms with Gasteiger partial charge in [-0.2, -0.15) is 13.2 Å². The molecule has 0 saturated carbocycles. The maximum Gasteiger partial charge on any atom is 0.408 e. The molecule has 7 heteroatoms. The summed E-state index contributed by atoms with van der Waals surface area (Å²) in [6.45, 7) is 11.2. The molecular formula is C17H25F3N2OSi. The number of aromatic nitrogens is 1. The van der Waals surface area contributed by atoms with E-state index in [4.69, 9.17) is 0 Å². The molecule has 0 unspecified atom stereocenters. The highest BCUT2D eigenvalue weighted by Gasteiger charge is 2.65. The van der Waals surface area contributed by atoms with Crippen molar-refractivity contribution < 1.29 is 18.0 Å². The lowest BCUT2D eigenvalue weighted by atomic mass is 9.84. The molecule has 0 spiro atoms. The second-order valence-electron chi connectivity index (χ2n) is 8.12. The number of rotatable bonds is 3. The molecule has 2 heterocycles. The van der Waals surface area contributed by atoms with E-state index in [2.05, 4.69) is 4.98 Å². The largest absolute Gasteiger partial charge is 0.408 e. The number of pyridine rings is 1. The van der Waals surface area contributed by atoms with Crippen LogP contribution >= 0.6 is 0 Å². The summed E-state index contributed by atoms with van der Waals surface area (Å²) in [5.74, 6) is -1.39. The van der Waals surface area contributed by atoms with E-state index in [-0.39, 0.29) is 17.4 Å².